The van der Waals surface area contributed by atoms with Gasteiger partial charge in [0.15, 0.2) is 0 Å². The van der Waals surface area contributed by atoms with Gasteiger partial charge in [-0.2, -0.15) is 0 Å². The van der Waals surface area contributed by atoms with Crippen LogP contribution in [0.5, 0.6) is 0 Å². The van der Waals surface area contributed by atoms with E-state index in [0.29, 0.717) is 6.54 Å². The predicted molar refractivity (Wildman–Crippen MR) is 67.2 cm³/mol. The van der Waals surface area contributed by atoms with Crippen molar-refractivity contribution in [1.82, 2.24) is 15.2 Å². The van der Waals surface area contributed by atoms with Gasteiger partial charge in [-0.25, -0.2) is 9.78 Å². The Morgan fingerprint density at radius 3 is 2.82 bits per heavy atom. The molecule has 94 valence electrons. The Labute approximate surface area is 109 Å². The minimum absolute atomic E-state index is 0.136. The van der Waals surface area contributed by atoms with Crippen LogP contribution in [0.1, 0.15) is 17.1 Å². The molecule has 0 spiro atoms. The van der Waals surface area contributed by atoms with Crippen molar-refractivity contribution in [1.29, 1.82) is 0 Å². The zero-order chi connectivity index (χ0) is 12.8. The summed E-state index contributed by atoms with van der Waals surface area (Å²) in [6.07, 6.45) is 0.136. The maximum atomic E-state index is 11.6. The molecule has 1 aromatic rings. The molecule has 7 heteroatoms. The molecule has 0 radical (unpaired) electrons. The van der Waals surface area contributed by atoms with Crippen LogP contribution in [0.4, 0.5) is 4.79 Å². The van der Waals surface area contributed by atoms with Crippen molar-refractivity contribution in [2.24, 2.45) is 0 Å². The van der Waals surface area contributed by atoms with E-state index in [9.17, 15) is 9.59 Å². The van der Waals surface area contributed by atoms with E-state index in [1.807, 2.05) is 12.3 Å². The number of alkyl halides is 1. The van der Waals surface area contributed by atoms with Gasteiger partial charge in [-0.1, -0.05) is 0 Å². The van der Waals surface area contributed by atoms with Crippen molar-refractivity contribution in [3.8, 4) is 0 Å². The number of carbonyl (C=O) groups is 2. The van der Waals surface area contributed by atoms with Gasteiger partial charge in [0.1, 0.15) is 0 Å². The molecule has 0 aliphatic rings. The molecule has 0 unspecified atom stereocenters. The van der Waals surface area contributed by atoms with E-state index in [0.717, 1.165) is 10.7 Å². The highest BCUT2D eigenvalue weighted by atomic mass is 35.5. The van der Waals surface area contributed by atoms with Crippen LogP contribution in [0, 0.1) is 6.92 Å². The summed E-state index contributed by atoms with van der Waals surface area (Å²) in [6, 6.07) is -0.439. The number of thiazole rings is 1. The minimum Gasteiger partial charge on any atom is -0.322 e. The Morgan fingerprint density at radius 2 is 2.29 bits per heavy atom. The van der Waals surface area contributed by atoms with Gasteiger partial charge in [-0.3, -0.25) is 10.1 Å². The van der Waals surface area contributed by atoms with Crippen LogP contribution in [0.25, 0.3) is 0 Å². The standard InChI is InChI=1S/C10H14ClN3O2S/c1-7-12-8(6-17-7)5-14(2)10(16)13-9(15)3-4-11/h6H,3-5H2,1-2H3,(H,13,15,16). The van der Waals surface area contributed by atoms with Crippen molar-refractivity contribution in [2.45, 2.75) is 19.9 Å². The SMILES string of the molecule is Cc1nc(CN(C)C(=O)NC(=O)CCCl)cs1. The number of nitrogens with zero attached hydrogens (tertiary/aromatic N) is 2. The van der Waals surface area contributed by atoms with Crippen molar-refractivity contribution in [2.75, 3.05) is 12.9 Å². The molecule has 0 fully saturated rings. The number of nitrogens with one attached hydrogen (secondary N) is 1. The Hall–Kier alpha value is -1.14. The molecule has 0 aliphatic heterocycles. The second-order valence-corrected chi connectivity index (χ2v) is 4.95. The quantitative estimate of drug-likeness (QED) is 0.852. The summed E-state index contributed by atoms with van der Waals surface area (Å²) in [5.41, 5.74) is 0.815. The summed E-state index contributed by atoms with van der Waals surface area (Å²) >= 11 is 6.92. The lowest BCUT2D eigenvalue weighted by Crippen LogP contribution is -2.40. The van der Waals surface area contributed by atoms with Gasteiger partial charge in [-0.15, -0.1) is 22.9 Å². The molecule has 1 heterocycles. The third kappa shape index (κ3) is 4.70. The van der Waals surface area contributed by atoms with E-state index in [1.165, 1.54) is 16.2 Å². The highest BCUT2D eigenvalue weighted by Crippen LogP contribution is 2.09. The molecule has 1 rings (SSSR count). The van der Waals surface area contributed by atoms with Gasteiger partial charge in [-0.05, 0) is 6.92 Å². The number of hydrogen-bond donors (Lipinski definition) is 1. The molecule has 1 N–H and O–H groups in total. The Morgan fingerprint density at radius 1 is 1.59 bits per heavy atom. The van der Waals surface area contributed by atoms with E-state index < -0.39 is 6.03 Å². The van der Waals surface area contributed by atoms with Crippen LogP contribution in [0.2, 0.25) is 0 Å². The summed E-state index contributed by atoms with van der Waals surface area (Å²) in [6.45, 7) is 2.28. The molecule has 0 saturated heterocycles. The molecule has 0 bridgehead atoms. The lowest BCUT2D eigenvalue weighted by molar-refractivity contribution is -0.119. The summed E-state index contributed by atoms with van der Waals surface area (Å²) < 4.78 is 0. The number of rotatable bonds is 4. The van der Waals surface area contributed by atoms with Gasteiger partial charge in [0, 0.05) is 24.7 Å². The summed E-state index contributed by atoms with van der Waals surface area (Å²) in [5, 5.41) is 5.09. The number of aromatic nitrogens is 1. The lowest BCUT2D eigenvalue weighted by Gasteiger charge is -2.15. The molecular formula is C10H14ClN3O2S. The topological polar surface area (TPSA) is 62.3 Å². The van der Waals surface area contributed by atoms with Gasteiger partial charge in [0.05, 0.1) is 17.2 Å². The predicted octanol–water partition coefficient (Wildman–Crippen LogP) is 1.75. The lowest BCUT2D eigenvalue weighted by atomic mass is 10.4. The highest BCUT2D eigenvalue weighted by Gasteiger charge is 2.13. The number of amides is 3. The Balaban J connectivity index is 2.44. The van der Waals surface area contributed by atoms with E-state index >= 15 is 0 Å². The molecule has 0 aromatic carbocycles. The van der Waals surface area contributed by atoms with E-state index in [-0.39, 0.29) is 18.2 Å². The molecule has 17 heavy (non-hydrogen) atoms. The summed E-state index contributed by atoms with van der Waals surface area (Å²) in [5.74, 6) is -0.167. The molecule has 0 atom stereocenters. The molecular weight excluding hydrogens is 262 g/mol. The van der Waals surface area contributed by atoms with E-state index in [2.05, 4.69) is 10.3 Å². The number of hydrogen-bond acceptors (Lipinski definition) is 4. The second-order valence-electron chi connectivity index (χ2n) is 3.51. The minimum atomic E-state index is -0.439. The van der Waals surface area contributed by atoms with Gasteiger partial charge >= 0.3 is 6.03 Å². The fourth-order valence-electron chi connectivity index (χ4n) is 1.16. The maximum absolute atomic E-state index is 11.6. The number of carbonyl (C=O) groups excluding carboxylic acids is 2. The van der Waals surface area contributed by atoms with Crippen molar-refractivity contribution >= 4 is 34.9 Å². The van der Waals surface area contributed by atoms with Gasteiger partial charge in [0.25, 0.3) is 0 Å². The second kappa shape index (κ2) is 6.56. The van der Waals surface area contributed by atoms with Crippen molar-refractivity contribution in [3.05, 3.63) is 16.1 Å². The van der Waals surface area contributed by atoms with Crippen LogP contribution >= 0.6 is 22.9 Å². The first-order chi connectivity index (χ1) is 8.02. The van der Waals surface area contributed by atoms with Gasteiger partial charge < -0.3 is 4.90 Å². The van der Waals surface area contributed by atoms with Crippen LogP contribution in [0.3, 0.4) is 0 Å². The Kier molecular flexibility index (Phi) is 5.37. The molecule has 0 aliphatic carbocycles. The van der Waals surface area contributed by atoms with E-state index in [4.69, 9.17) is 11.6 Å². The zero-order valence-electron chi connectivity index (χ0n) is 9.70. The first-order valence-corrected chi connectivity index (χ1v) is 6.46. The summed E-state index contributed by atoms with van der Waals surface area (Å²) in [7, 11) is 1.61. The Bertz CT molecular complexity index is 408. The van der Waals surface area contributed by atoms with Crippen LogP contribution in [-0.2, 0) is 11.3 Å². The fourth-order valence-corrected chi connectivity index (χ4v) is 1.93. The smallest absolute Gasteiger partial charge is 0.322 e. The van der Waals surface area contributed by atoms with Crippen molar-refractivity contribution in [3.63, 3.8) is 0 Å². The maximum Gasteiger partial charge on any atom is 0.324 e. The molecule has 3 amide bonds. The molecule has 1 aromatic heterocycles. The van der Waals surface area contributed by atoms with Gasteiger partial charge in [0.2, 0.25) is 5.91 Å². The third-order valence-corrected chi connectivity index (χ3v) is 2.99. The monoisotopic (exact) mass is 275 g/mol. The van der Waals surface area contributed by atoms with Crippen LogP contribution < -0.4 is 5.32 Å². The first-order valence-electron chi connectivity index (χ1n) is 5.05. The zero-order valence-corrected chi connectivity index (χ0v) is 11.3. The summed E-state index contributed by atoms with van der Waals surface area (Å²) in [4.78, 5) is 28.4. The number of urea groups is 1. The third-order valence-electron chi connectivity index (χ3n) is 1.98. The number of imide groups is 1. The largest absolute Gasteiger partial charge is 0.324 e. The average molecular weight is 276 g/mol. The fraction of sp³-hybridized carbons (Fsp3) is 0.500. The number of aryl methyl sites for hydroxylation is 1. The normalized spacial score (nSPS) is 10.1. The van der Waals surface area contributed by atoms with Crippen LogP contribution in [-0.4, -0.2) is 34.7 Å². The van der Waals surface area contributed by atoms with Crippen molar-refractivity contribution < 1.29 is 9.59 Å². The molecule has 5 nitrogen and oxygen atoms in total. The van der Waals surface area contributed by atoms with E-state index in [1.54, 1.807) is 7.05 Å². The average Bonchev–Trinajstić information content (AvgIpc) is 2.64. The highest BCUT2D eigenvalue weighted by molar-refractivity contribution is 7.09. The van der Waals surface area contributed by atoms with Crippen LogP contribution in [0.15, 0.2) is 5.38 Å². The first kappa shape index (κ1) is 13.9. The molecule has 0 saturated carbocycles. The number of halogens is 1.